The van der Waals surface area contributed by atoms with E-state index in [0.29, 0.717) is 12.3 Å². The van der Waals surface area contributed by atoms with Crippen LogP contribution in [0.4, 0.5) is 0 Å². The summed E-state index contributed by atoms with van der Waals surface area (Å²) >= 11 is 0. The first-order valence-electron chi connectivity index (χ1n) is 9.32. The Morgan fingerprint density at radius 1 is 1.31 bits per heavy atom. The number of hydrogen-bond acceptors (Lipinski definition) is 4. The lowest BCUT2D eigenvalue weighted by atomic mass is 9.94. The highest BCUT2D eigenvalue weighted by Gasteiger charge is 2.24. The van der Waals surface area contributed by atoms with Crippen LogP contribution < -0.4 is 0 Å². The molecule has 1 aromatic carbocycles. The highest BCUT2D eigenvalue weighted by atomic mass is 16.2. The maximum absolute atomic E-state index is 12.5. The van der Waals surface area contributed by atoms with Gasteiger partial charge in [0.05, 0.1) is 11.0 Å². The summed E-state index contributed by atoms with van der Waals surface area (Å²) in [5, 5.41) is 4.07. The average molecular weight is 352 g/mol. The largest absolute Gasteiger partial charge is 0.342 e. The minimum Gasteiger partial charge on any atom is -0.342 e. The SMILES string of the molecule is O=C(CCCn1cncn1)N1CCCC(Cc2nc3ccccc3[nH]2)C1. The van der Waals surface area contributed by atoms with Gasteiger partial charge in [-0.2, -0.15) is 5.10 Å². The van der Waals surface area contributed by atoms with Crippen molar-refractivity contribution >= 4 is 16.9 Å². The molecule has 1 amide bonds. The number of carbonyl (C=O) groups excluding carboxylic acids is 1. The van der Waals surface area contributed by atoms with Crippen LogP contribution in [-0.4, -0.2) is 48.6 Å². The second-order valence-corrected chi connectivity index (χ2v) is 7.01. The Kier molecular flexibility index (Phi) is 4.95. The van der Waals surface area contributed by atoms with E-state index in [1.54, 1.807) is 11.0 Å². The molecule has 1 unspecified atom stereocenters. The Morgan fingerprint density at radius 2 is 2.23 bits per heavy atom. The fourth-order valence-corrected chi connectivity index (χ4v) is 3.73. The third kappa shape index (κ3) is 3.92. The number of benzene rings is 1. The van der Waals surface area contributed by atoms with Gasteiger partial charge >= 0.3 is 0 Å². The van der Waals surface area contributed by atoms with Crippen LogP contribution in [-0.2, 0) is 17.8 Å². The molecular weight excluding hydrogens is 328 g/mol. The molecule has 136 valence electrons. The van der Waals surface area contributed by atoms with Crippen molar-refractivity contribution in [1.82, 2.24) is 29.6 Å². The topological polar surface area (TPSA) is 79.7 Å². The summed E-state index contributed by atoms with van der Waals surface area (Å²) < 4.78 is 1.77. The van der Waals surface area contributed by atoms with Crippen molar-refractivity contribution in [3.8, 4) is 0 Å². The number of imidazole rings is 1. The maximum Gasteiger partial charge on any atom is 0.222 e. The van der Waals surface area contributed by atoms with E-state index in [1.165, 1.54) is 6.33 Å². The number of rotatable bonds is 6. The first-order valence-corrected chi connectivity index (χ1v) is 9.32. The zero-order valence-electron chi connectivity index (χ0n) is 14.8. The molecule has 1 fully saturated rings. The van der Waals surface area contributed by atoms with Gasteiger partial charge in [-0.05, 0) is 37.3 Å². The normalized spacial score (nSPS) is 17.7. The summed E-state index contributed by atoms with van der Waals surface area (Å²) in [6, 6.07) is 8.11. The number of aromatic amines is 1. The molecule has 0 saturated carbocycles. The molecule has 3 aromatic rings. The average Bonchev–Trinajstić information content (AvgIpc) is 3.31. The monoisotopic (exact) mass is 352 g/mol. The summed E-state index contributed by atoms with van der Waals surface area (Å²) in [6.07, 6.45) is 7.70. The van der Waals surface area contributed by atoms with Gasteiger partial charge < -0.3 is 9.88 Å². The molecule has 7 heteroatoms. The number of hydrogen-bond donors (Lipinski definition) is 1. The van der Waals surface area contributed by atoms with Crippen molar-refractivity contribution in [3.63, 3.8) is 0 Å². The number of carbonyl (C=O) groups is 1. The van der Waals surface area contributed by atoms with E-state index in [1.807, 2.05) is 23.1 Å². The number of para-hydroxylation sites is 2. The van der Waals surface area contributed by atoms with E-state index >= 15 is 0 Å². The molecule has 4 rings (SSSR count). The van der Waals surface area contributed by atoms with E-state index < -0.39 is 0 Å². The van der Waals surface area contributed by atoms with Crippen LogP contribution in [0.15, 0.2) is 36.9 Å². The number of aryl methyl sites for hydroxylation is 1. The Balaban J connectivity index is 1.29. The number of aromatic nitrogens is 5. The highest BCUT2D eigenvalue weighted by Crippen LogP contribution is 2.22. The predicted octanol–water partition coefficient (Wildman–Crippen LogP) is 2.42. The molecule has 1 atom stereocenters. The first-order chi connectivity index (χ1) is 12.8. The van der Waals surface area contributed by atoms with Crippen LogP contribution in [0.5, 0.6) is 0 Å². The van der Waals surface area contributed by atoms with Crippen LogP contribution in [0.25, 0.3) is 11.0 Å². The summed E-state index contributed by atoms with van der Waals surface area (Å²) in [4.78, 5) is 26.6. The van der Waals surface area contributed by atoms with E-state index in [2.05, 4.69) is 26.1 Å². The Labute approximate surface area is 152 Å². The predicted molar refractivity (Wildman–Crippen MR) is 98.4 cm³/mol. The number of H-pyrrole nitrogens is 1. The number of fused-ring (bicyclic) bond motifs is 1. The van der Waals surface area contributed by atoms with Gasteiger partial charge in [0.25, 0.3) is 0 Å². The van der Waals surface area contributed by atoms with E-state index in [4.69, 9.17) is 0 Å². The molecule has 26 heavy (non-hydrogen) atoms. The van der Waals surface area contributed by atoms with Crippen molar-refractivity contribution in [2.45, 2.75) is 38.6 Å². The summed E-state index contributed by atoms with van der Waals surface area (Å²) in [5.41, 5.74) is 2.10. The van der Waals surface area contributed by atoms with Crippen molar-refractivity contribution in [3.05, 3.63) is 42.7 Å². The zero-order chi connectivity index (χ0) is 17.8. The van der Waals surface area contributed by atoms with Gasteiger partial charge in [0.15, 0.2) is 0 Å². The fourth-order valence-electron chi connectivity index (χ4n) is 3.73. The Bertz CT molecular complexity index is 823. The number of amides is 1. The third-order valence-electron chi connectivity index (χ3n) is 5.04. The summed E-state index contributed by atoms with van der Waals surface area (Å²) in [6.45, 7) is 2.44. The van der Waals surface area contributed by atoms with Gasteiger partial charge in [-0.1, -0.05) is 12.1 Å². The van der Waals surface area contributed by atoms with Crippen LogP contribution >= 0.6 is 0 Å². The number of piperidine rings is 1. The van der Waals surface area contributed by atoms with E-state index in [0.717, 1.165) is 62.2 Å². The Morgan fingerprint density at radius 3 is 3.08 bits per heavy atom. The number of likely N-dealkylation sites (tertiary alicyclic amines) is 1. The lowest BCUT2D eigenvalue weighted by Crippen LogP contribution is -2.40. The van der Waals surface area contributed by atoms with Gasteiger partial charge in [-0.15, -0.1) is 0 Å². The zero-order valence-corrected chi connectivity index (χ0v) is 14.8. The van der Waals surface area contributed by atoms with Crippen LogP contribution in [0.3, 0.4) is 0 Å². The molecule has 0 radical (unpaired) electrons. The van der Waals surface area contributed by atoms with Gasteiger partial charge in [0.2, 0.25) is 5.91 Å². The highest BCUT2D eigenvalue weighted by molar-refractivity contribution is 5.76. The smallest absolute Gasteiger partial charge is 0.222 e. The lowest BCUT2D eigenvalue weighted by Gasteiger charge is -2.32. The molecule has 0 spiro atoms. The second kappa shape index (κ2) is 7.68. The molecule has 1 aliphatic heterocycles. The standard InChI is InChI=1S/C19H24N6O/c26-19(8-4-10-25-14-20-13-21-25)24-9-3-5-15(12-24)11-18-22-16-6-1-2-7-17(16)23-18/h1-2,6-7,13-15H,3-5,8-12H2,(H,22,23). The van der Waals surface area contributed by atoms with Gasteiger partial charge in [0.1, 0.15) is 18.5 Å². The molecule has 3 heterocycles. The summed E-state index contributed by atoms with van der Waals surface area (Å²) in [7, 11) is 0. The van der Waals surface area contributed by atoms with E-state index in [9.17, 15) is 4.79 Å². The van der Waals surface area contributed by atoms with Crippen molar-refractivity contribution in [2.24, 2.45) is 5.92 Å². The maximum atomic E-state index is 12.5. The molecule has 2 aromatic heterocycles. The molecule has 7 nitrogen and oxygen atoms in total. The van der Waals surface area contributed by atoms with E-state index in [-0.39, 0.29) is 5.91 Å². The van der Waals surface area contributed by atoms with Crippen molar-refractivity contribution < 1.29 is 4.79 Å². The molecule has 0 aliphatic carbocycles. The Hall–Kier alpha value is -2.70. The van der Waals surface area contributed by atoms with Gasteiger partial charge in [-0.3, -0.25) is 9.48 Å². The van der Waals surface area contributed by atoms with Crippen molar-refractivity contribution in [2.75, 3.05) is 13.1 Å². The lowest BCUT2D eigenvalue weighted by molar-refractivity contribution is -0.133. The number of nitrogens with zero attached hydrogens (tertiary/aromatic N) is 5. The summed E-state index contributed by atoms with van der Waals surface area (Å²) in [5.74, 6) is 1.75. The van der Waals surface area contributed by atoms with Crippen LogP contribution in [0.1, 0.15) is 31.5 Å². The molecule has 0 bridgehead atoms. The molecule has 1 aliphatic rings. The van der Waals surface area contributed by atoms with Crippen LogP contribution in [0, 0.1) is 5.92 Å². The fraction of sp³-hybridized carbons (Fsp3) is 0.474. The molecular formula is C19H24N6O. The minimum atomic E-state index is 0.249. The molecule has 1 saturated heterocycles. The van der Waals surface area contributed by atoms with Gasteiger partial charge in [0, 0.05) is 32.5 Å². The van der Waals surface area contributed by atoms with Crippen LogP contribution in [0.2, 0.25) is 0 Å². The quantitative estimate of drug-likeness (QED) is 0.739. The molecule has 1 N–H and O–H groups in total. The number of nitrogens with one attached hydrogen (secondary N) is 1. The first kappa shape index (κ1) is 16.8. The van der Waals surface area contributed by atoms with Crippen molar-refractivity contribution in [1.29, 1.82) is 0 Å². The second-order valence-electron chi connectivity index (χ2n) is 7.01. The van der Waals surface area contributed by atoms with Gasteiger partial charge in [-0.25, -0.2) is 9.97 Å². The minimum absolute atomic E-state index is 0.249. The third-order valence-corrected chi connectivity index (χ3v) is 5.04.